The van der Waals surface area contributed by atoms with Crippen LogP contribution < -0.4 is 0 Å². The Hall–Kier alpha value is -4.68. The lowest BCUT2D eigenvalue weighted by atomic mass is 9.99. The molecule has 2 aliphatic rings. The minimum absolute atomic E-state index is 0.0552. The zero-order chi connectivity index (χ0) is 38.1. The largest absolute Gasteiger partial charge is 0.481 e. The lowest BCUT2D eigenvalue weighted by molar-refractivity contribution is -0.137. The van der Waals surface area contributed by atoms with Crippen molar-refractivity contribution < 1.29 is 29.4 Å². The van der Waals surface area contributed by atoms with Crippen LogP contribution in [-0.2, 0) is 45.1 Å². The van der Waals surface area contributed by atoms with Gasteiger partial charge in [-0.2, -0.15) is 0 Å². The number of rotatable bonds is 15. The third-order valence-corrected chi connectivity index (χ3v) is 10.3. The summed E-state index contributed by atoms with van der Waals surface area (Å²) in [5.41, 5.74) is 7.04. The first-order valence-electron chi connectivity index (χ1n) is 17.9. The van der Waals surface area contributed by atoms with E-state index in [1.54, 1.807) is 36.5 Å². The van der Waals surface area contributed by atoms with E-state index < -0.39 is 11.9 Å². The average molecular weight is 755 g/mol. The summed E-state index contributed by atoms with van der Waals surface area (Å²) in [4.78, 5) is 61.2. The van der Waals surface area contributed by atoms with Crippen molar-refractivity contribution in [1.29, 1.82) is 0 Å². The number of carboxylic acids is 2. The summed E-state index contributed by atoms with van der Waals surface area (Å²) in [6.07, 6.45) is 12.5. The predicted molar refractivity (Wildman–Crippen MR) is 209 cm³/mol. The zero-order valence-electron chi connectivity index (χ0n) is 30.3. The van der Waals surface area contributed by atoms with Crippen LogP contribution in [0, 0.1) is 11.8 Å². The molecule has 0 unspecified atom stereocenters. The molecule has 0 bridgehead atoms. The van der Waals surface area contributed by atoms with E-state index >= 15 is 0 Å². The number of carboxylic acid groups (broad SMARTS) is 2. The molecule has 2 aromatic heterocycles. The van der Waals surface area contributed by atoms with Gasteiger partial charge in [-0.15, -0.1) is 24.4 Å². The lowest BCUT2D eigenvalue weighted by Gasteiger charge is -2.23. The van der Waals surface area contributed by atoms with Crippen LogP contribution in [0.15, 0.2) is 83.1 Å². The number of hydrogen-bond acceptors (Lipinski definition) is 8. The molecule has 278 valence electrons. The Morgan fingerprint density at radius 1 is 0.698 bits per heavy atom. The second-order valence-electron chi connectivity index (χ2n) is 13.4. The number of carbonyl (C=O) groups is 4. The summed E-state index contributed by atoms with van der Waals surface area (Å²) in [5.74, 6) is -0.950. The minimum Gasteiger partial charge on any atom is -0.481 e. The van der Waals surface area contributed by atoms with E-state index in [0.29, 0.717) is 37.3 Å². The molecule has 0 radical (unpaired) electrons. The molecule has 10 nitrogen and oxygen atoms in total. The molecule has 2 heterocycles. The molecule has 0 spiro atoms. The monoisotopic (exact) mass is 754 g/mol. The summed E-state index contributed by atoms with van der Waals surface area (Å²) < 4.78 is 0. The van der Waals surface area contributed by atoms with Gasteiger partial charge in [0.05, 0.1) is 12.8 Å². The third-order valence-electron chi connectivity index (χ3n) is 9.29. The van der Waals surface area contributed by atoms with E-state index in [1.165, 1.54) is 0 Å². The fraction of sp³-hybridized carbons (Fsp3) is 0.366. The van der Waals surface area contributed by atoms with E-state index in [-0.39, 0.29) is 36.5 Å². The summed E-state index contributed by atoms with van der Waals surface area (Å²) in [7, 11) is 0. The fourth-order valence-electron chi connectivity index (χ4n) is 6.19. The molecular weight excluding hydrogens is 709 g/mol. The number of thioether (sulfide) groups is 1. The van der Waals surface area contributed by atoms with E-state index in [0.717, 1.165) is 68.9 Å². The second-order valence-corrected chi connectivity index (χ2v) is 14.8. The van der Waals surface area contributed by atoms with Crippen molar-refractivity contribution in [1.82, 2.24) is 19.8 Å². The maximum atomic E-state index is 12.6. The summed E-state index contributed by atoms with van der Waals surface area (Å²) >= 11 is 6.10. The number of thiol groups is 1. The Morgan fingerprint density at radius 2 is 1.15 bits per heavy atom. The highest BCUT2D eigenvalue weighted by molar-refractivity contribution is 7.98. The van der Waals surface area contributed by atoms with Crippen molar-refractivity contribution in [2.45, 2.75) is 75.3 Å². The first kappa shape index (κ1) is 39.5. The SMILES string of the molecule is CCN(Cc1cc(S)ccc1-c1cncc(CC(=O)O)c1)C(=O)C1CC1.CCN(Cc1cc(SC)ccc1-c1cncc(CC(=O)O)c1)C(=O)C1CC1. The average Bonchev–Trinajstić information content (AvgIpc) is 4.07. The van der Waals surface area contributed by atoms with Crippen LogP contribution >= 0.6 is 24.4 Å². The van der Waals surface area contributed by atoms with Crippen LogP contribution in [0.5, 0.6) is 0 Å². The molecule has 12 heteroatoms. The van der Waals surface area contributed by atoms with Crippen molar-refractivity contribution in [3.05, 3.63) is 95.6 Å². The molecule has 0 atom stereocenters. The Kier molecular flexibility index (Phi) is 13.7. The molecule has 2 saturated carbocycles. The van der Waals surface area contributed by atoms with Gasteiger partial charge in [-0.1, -0.05) is 12.1 Å². The number of carbonyl (C=O) groups excluding carboxylic acids is 2. The molecule has 53 heavy (non-hydrogen) atoms. The Balaban J connectivity index is 0.000000204. The normalized spacial score (nSPS) is 13.4. The van der Waals surface area contributed by atoms with Gasteiger partial charge in [-0.3, -0.25) is 29.1 Å². The lowest BCUT2D eigenvalue weighted by Crippen LogP contribution is -2.31. The first-order valence-corrected chi connectivity index (χ1v) is 19.5. The van der Waals surface area contributed by atoms with Crippen molar-refractivity contribution in [3.63, 3.8) is 0 Å². The van der Waals surface area contributed by atoms with Gasteiger partial charge in [0.15, 0.2) is 0 Å². The number of nitrogens with zero attached hydrogens (tertiary/aromatic N) is 4. The number of benzene rings is 2. The molecule has 2 fully saturated rings. The van der Waals surface area contributed by atoms with Crippen LogP contribution in [0.25, 0.3) is 22.3 Å². The van der Waals surface area contributed by atoms with Gasteiger partial charge in [-0.05, 0) is 116 Å². The van der Waals surface area contributed by atoms with Gasteiger partial charge in [0.25, 0.3) is 0 Å². The van der Waals surface area contributed by atoms with Gasteiger partial charge in [0.1, 0.15) is 0 Å². The molecule has 0 saturated heterocycles. The zero-order valence-corrected chi connectivity index (χ0v) is 32.0. The number of pyridine rings is 2. The molecule has 6 rings (SSSR count). The van der Waals surface area contributed by atoms with Crippen molar-refractivity contribution >= 4 is 48.1 Å². The fourth-order valence-corrected chi connectivity index (χ4v) is 6.89. The summed E-state index contributed by atoms with van der Waals surface area (Å²) in [5, 5.41) is 18.1. The predicted octanol–water partition coefficient (Wildman–Crippen LogP) is 7.28. The van der Waals surface area contributed by atoms with Gasteiger partial charge in [0, 0.05) is 83.7 Å². The standard InChI is InChI=1S/C21H24N2O3S.C20H22N2O3S/c1-3-23(21(26)15-4-5-15)13-17-10-18(27-2)6-7-19(17)16-8-14(9-20(24)25)11-22-12-16;1-2-22(20(25)14-3-4-14)12-16-9-17(26)5-6-18(16)15-7-13(8-19(23)24)10-21-11-15/h6-8,10-12,15H,3-5,9,13H2,1-2H3,(H,24,25);5-7,9-11,14,26H,2-4,8,12H2,1H3,(H,23,24). The highest BCUT2D eigenvalue weighted by Gasteiger charge is 2.34. The van der Waals surface area contributed by atoms with Crippen molar-refractivity contribution in [2.24, 2.45) is 11.8 Å². The Bertz CT molecular complexity index is 1960. The first-order chi connectivity index (χ1) is 25.5. The minimum atomic E-state index is -0.887. The van der Waals surface area contributed by atoms with Gasteiger partial charge in [0.2, 0.25) is 11.8 Å². The van der Waals surface area contributed by atoms with Crippen molar-refractivity contribution in [2.75, 3.05) is 19.3 Å². The Morgan fingerprint density at radius 3 is 1.57 bits per heavy atom. The maximum absolute atomic E-state index is 12.6. The smallest absolute Gasteiger partial charge is 0.307 e. The molecule has 2 aliphatic carbocycles. The second kappa shape index (κ2) is 18.4. The molecule has 2 amide bonds. The third kappa shape index (κ3) is 11.2. The molecular formula is C41H46N4O6S2. The number of aromatic nitrogens is 2. The Labute approximate surface area is 320 Å². The number of amides is 2. The highest BCUT2D eigenvalue weighted by atomic mass is 32.2. The van der Waals surface area contributed by atoms with Crippen LogP contribution in [-0.4, -0.2) is 73.1 Å². The van der Waals surface area contributed by atoms with Crippen LogP contribution in [0.4, 0.5) is 0 Å². The van der Waals surface area contributed by atoms with E-state index in [9.17, 15) is 19.2 Å². The maximum Gasteiger partial charge on any atom is 0.307 e. The van der Waals surface area contributed by atoms with Crippen LogP contribution in [0.1, 0.15) is 61.8 Å². The van der Waals surface area contributed by atoms with E-state index in [4.69, 9.17) is 10.2 Å². The number of hydrogen-bond donors (Lipinski definition) is 3. The van der Waals surface area contributed by atoms with E-state index in [2.05, 4.69) is 28.7 Å². The van der Waals surface area contributed by atoms with Crippen LogP contribution in [0.2, 0.25) is 0 Å². The summed E-state index contributed by atoms with van der Waals surface area (Å²) in [6.45, 7) is 6.39. The number of aliphatic carboxylic acids is 2. The van der Waals surface area contributed by atoms with Crippen molar-refractivity contribution in [3.8, 4) is 22.3 Å². The van der Waals surface area contributed by atoms with Gasteiger partial charge >= 0.3 is 11.9 Å². The molecule has 2 N–H and O–H groups in total. The van der Waals surface area contributed by atoms with E-state index in [1.807, 2.05) is 72.4 Å². The molecule has 0 aliphatic heterocycles. The summed E-state index contributed by atoms with van der Waals surface area (Å²) in [6, 6.07) is 15.7. The highest BCUT2D eigenvalue weighted by Crippen LogP contribution is 2.35. The van der Waals surface area contributed by atoms with Gasteiger partial charge in [-0.25, -0.2) is 0 Å². The molecule has 2 aromatic carbocycles. The topological polar surface area (TPSA) is 141 Å². The molecule has 4 aromatic rings. The quantitative estimate of drug-likeness (QED) is 0.0844. The van der Waals surface area contributed by atoms with Gasteiger partial charge < -0.3 is 20.0 Å². The van der Waals surface area contributed by atoms with Crippen LogP contribution in [0.3, 0.4) is 0 Å².